The smallest absolute Gasteiger partial charge is 0.202 e. The van der Waals surface area contributed by atoms with E-state index < -0.39 is 15.8 Å². The lowest BCUT2D eigenvalue weighted by atomic mass is 10.2. The standard InChI is InChI=1S/C8H9ClO3S/c1-6-4-7(2-3-8(6)9)13(11,12)5-10/h2-4,10H,5H2,1H3. The minimum absolute atomic E-state index is 0.0944. The van der Waals surface area contributed by atoms with Crippen LogP contribution in [0, 0.1) is 6.92 Å². The molecule has 0 saturated carbocycles. The zero-order chi connectivity index (χ0) is 10.1. The van der Waals surface area contributed by atoms with Crippen molar-refractivity contribution in [2.45, 2.75) is 11.8 Å². The summed E-state index contributed by atoms with van der Waals surface area (Å²) in [5.74, 6) is -0.881. The number of benzene rings is 1. The molecule has 1 rings (SSSR count). The maximum absolute atomic E-state index is 11.2. The summed E-state index contributed by atoms with van der Waals surface area (Å²) in [6, 6.07) is 4.31. The first kappa shape index (κ1) is 10.5. The van der Waals surface area contributed by atoms with Gasteiger partial charge in [0.1, 0.15) is 5.94 Å². The molecule has 1 aromatic rings. The van der Waals surface area contributed by atoms with E-state index in [2.05, 4.69) is 0 Å². The molecule has 0 saturated heterocycles. The number of rotatable bonds is 2. The second kappa shape index (κ2) is 3.65. The van der Waals surface area contributed by atoms with Crippen LogP contribution in [0.1, 0.15) is 5.56 Å². The number of hydrogen-bond donors (Lipinski definition) is 1. The van der Waals surface area contributed by atoms with E-state index in [1.807, 2.05) is 0 Å². The van der Waals surface area contributed by atoms with Gasteiger partial charge in [-0.15, -0.1) is 0 Å². The van der Waals surface area contributed by atoms with E-state index in [1.54, 1.807) is 6.92 Å². The summed E-state index contributed by atoms with van der Waals surface area (Å²) in [6.45, 7) is 1.71. The van der Waals surface area contributed by atoms with E-state index in [-0.39, 0.29) is 4.90 Å². The normalized spacial score (nSPS) is 11.6. The molecule has 0 aromatic heterocycles. The highest BCUT2D eigenvalue weighted by Gasteiger charge is 2.12. The third-order valence-electron chi connectivity index (χ3n) is 1.66. The molecule has 0 aliphatic rings. The quantitative estimate of drug-likeness (QED) is 0.819. The van der Waals surface area contributed by atoms with E-state index >= 15 is 0 Å². The van der Waals surface area contributed by atoms with Crippen molar-refractivity contribution >= 4 is 21.4 Å². The summed E-state index contributed by atoms with van der Waals surface area (Å²) in [5.41, 5.74) is 0.677. The van der Waals surface area contributed by atoms with Crippen LogP contribution >= 0.6 is 11.6 Å². The summed E-state index contributed by atoms with van der Waals surface area (Å²) in [6.07, 6.45) is 0. The Bertz CT molecular complexity index is 411. The summed E-state index contributed by atoms with van der Waals surface area (Å²) < 4.78 is 22.3. The second-order valence-electron chi connectivity index (χ2n) is 2.65. The summed E-state index contributed by atoms with van der Waals surface area (Å²) in [4.78, 5) is 0.0944. The van der Waals surface area contributed by atoms with Crippen molar-refractivity contribution in [1.82, 2.24) is 0 Å². The zero-order valence-corrected chi connectivity index (χ0v) is 8.56. The van der Waals surface area contributed by atoms with Crippen molar-refractivity contribution in [2.75, 3.05) is 5.94 Å². The molecule has 0 aliphatic heterocycles. The van der Waals surface area contributed by atoms with Crippen molar-refractivity contribution in [1.29, 1.82) is 0 Å². The van der Waals surface area contributed by atoms with Crippen LogP contribution in [-0.2, 0) is 9.84 Å². The molecule has 0 aliphatic carbocycles. The molecule has 3 nitrogen and oxygen atoms in total. The van der Waals surface area contributed by atoms with Gasteiger partial charge in [0.15, 0.2) is 0 Å². The summed E-state index contributed by atoms with van der Waals surface area (Å²) >= 11 is 5.72. The molecule has 5 heteroatoms. The van der Waals surface area contributed by atoms with Crippen molar-refractivity contribution in [3.63, 3.8) is 0 Å². The Morgan fingerprint density at radius 3 is 2.54 bits per heavy atom. The van der Waals surface area contributed by atoms with E-state index in [4.69, 9.17) is 16.7 Å². The first-order valence-electron chi connectivity index (χ1n) is 3.57. The van der Waals surface area contributed by atoms with Crippen LogP contribution in [0.3, 0.4) is 0 Å². The lowest BCUT2D eigenvalue weighted by Crippen LogP contribution is -2.05. The van der Waals surface area contributed by atoms with Crippen LogP contribution in [-0.4, -0.2) is 19.5 Å². The molecule has 0 amide bonds. The van der Waals surface area contributed by atoms with E-state index in [1.165, 1.54) is 18.2 Å². The van der Waals surface area contributed by atoms with E-state index in [0.29, 0.717) is 10.6 Å². The van der Waals surface area contributed by atoms with Crippen LogP contribution in [0.5, 0.6) is 0 Å². The van der Waals surface area contributed by atoms with E-state index in [0.717, 1.165) is 0 Å². The minimum atomic E-state index is -3.54. The average molecular weight is 221 g/mol. The number of hydrogen-bond acceptors (Lipinski definition) is 3. The lowest BCUT2D eigenvalue weighted by molar-refractivity contribution is 0.358. The Kier molecular flexibility index (Phi) is 2.95. The third kappa shape index (κ3) is 2.21. The van der Waals surface area contributed by atoms with Crippen LogP contribution in [0.15, 0.2) is 23.1 Å². The molecule has 0 atom stereocenters. The molecule has 1 aromatic carbocycles. The molecule has 0 unspecified atom stereocenters. The first-order valence-corrected chi connectivity index (χ1v) is 5.60. The van der Waals surface area contributed by atoms with Gasteiger partial charge in [-0.25, -0.2) is 8.42 Å². The number of sulfone groups is 1. The van der Waals surface area contributed by atoms with Gasteiger partial charge in [-0.05, 0) is 30.7 Å². The Morgan fingerprint density at radius 1 is 1.46 bits per heavy atom. The van der Waals surface area contributed by atoms with Crippen molar-refractivity contribution in [3.05, 3.63) is 28.8 Å². The van der Waals surface area contributed by atoms with Gasteiger partial charge >= 0.3 is 0 Å². The molecule has 13 heavy (non-hydrogen) atoms. The summed E-state index contributed by atoms with van der Waals surface area (Å²) in [5, 5.41) is 9.10. The van der Waals surface area contributed by atoms with Gasteiger partial charge in [0.25, 0.3) is 0 Å². The van der Waals surface area contributed by atoms with Gasteiger partial charge < -0.3 is 5.11 Å². The van der Waals surface area contributed by atoms with Crippen molar-refractivity contribution in [3.8, 4) is 0 Å². The van der Waals surface area contributed by atoms with Crippen LogP contribution in [0.25, 0.3) is 0 Å². The fraction of sp³-hybridized carbons (Fsp3) is 0.250. The molecular weight excluding hydrogens is 212 g/mol. The predicted molar refractivity (Wildman–Crippen MR) is 50.5 cm³/mol. The SMILES string of the molecule is Cc1cc(S(=O)(=O)CO)ccc1Cl. The van der Waals surface area contributed by atoms with Gasteiger partial charge in [0.05, 0.1) is 4.90 Å². The highest BCUT2D eigenvalue weighted by atomic mass is 35.5. The second-order valence-corrected chi connectivity index (χ2v) is 5.02. The van der Waals surface area contributed by atoms with Gasteiger partial charge in [0.2, 0.25) is 9.84 Å². The number of halogens is 1. The molecule has 0 fully saturated rings. The highest BCUT2D eigenvalue weighted by molar-refractivity contribution is 7.91. The van der Waals surface area contributed by atoms with Crippen LogP contribution in [0.2, 0.25) is 5.02 Å². The van der Waals surface area contributed by atoms with Crippen molar-refractivity contribution < 1.29 is 13.5 Å². The fourth-order valence-electron chi connectivity index (χ4n) is 0.885. The first-order chi connectivity index (χ1) is 5.97. The lowest BCUT2D eigenvalue weighted by Gasteiger charge is -2.02. The minimum Gasteiger partial charge on any atom is -0.380 e. The largest absolute Gasteiger partial charge is 0.380 e. The molecular formula is C8H9ClO3S. The third-order valence-corrected chi connectivity index (χ3v) is 3.39. The van der Waals surface area contributed by atoms with Gasteiger partial charge in [0, 0.05) is 5.02 Å². The molecule has 0 radical (unpaired) electrons. The van der Waals surface area contributed by atoms with Crippen LogP contribution < -0.4 is 0 Å². The Morgan fingerprint density at radius 2 is 2.08 bits per heavy atom. The van der Waals surface area contributed by atoms with Gasteiger partial charge in [-0.3, -0.25) is 0 Å². The fourth-order valence-corrected chi connectivity index (χ4v) is 1.78. The number of aliphatic hydroxyl groups excluding tert-OH is 1. The molecule has 0 heterocycles. The monoisotopic (exact) mass is 220 g/mol. The van der Waals surface area contributed by atoms with E-state index in [9.17, 15) is 8.42 Å². The highest BCUT2D eigenvalue weighted by Crippen LogP contribution is 2.19. The predicted octanol–water partition coefficient (Wildman–Crippen LogP) is 1.37. The average Bonchev–Trinajstić information content (AvgIpc) is 2.09. The maximum atomic E-state index is 11.2. The Balaban J connectivity index is 3.27. The molecule has 0 bridgehead atoms. The number of aliphatic hydroxyl groups is 1. The molecule has 0 spiro atoms. The van der Waals surface area contributed by atoms with Gasteiger partial charge in [-0.2, -0.15) is 0 Å². The van der Waals surface area contributed by atoms with Crippen molar-refractivity contribution in [2.24, 2.45) is 0 Å². The Hall–Kier alpha value is -0.580. The van der Waals surface area contributed by atoms with Gasteiger partial charge in [-0.1, -0.05) is 11.6 Å². The maximum Gasteiger partial charge on any atom is 0.202 e. The topological polar surface area (TPSA) is 54.4 Å². The Labute approximate surface area is 81.9 Å². The summed E-state index contributed by atoms with van der Waals surface area (Å²) in [7, 11) is -3.54. The molecule has 72 valence electrons. The molecule has 1 N–H and O–H groups in total. The zero-order valence-electron chi connectivity index (χ0n) is 6.99. The number of aryl methyl sites for hydroxylation is 1. The van der Waals surface area contributed by atoms with Crippen LogP contribution in [0.4, 0.5) is 0 Å².